The lowest BCUT2D eigenvalue weighted by atomic mass is 9.97. The second kappa shape index (κ2) is 29.1. The molecule has 0 spiro atoms. The standard InChI is InChI=1S/C55H67N15O9S2/c1-30(71)46(47(57)72)70-54(79)45-28-81-80-27-44(68-48(73)38(56)21-31-11-3-2-4-12-31)53(78)67-43(24-35-26-60-29-63-35)52(77)66-41(22-33-15-9-14-32-13-5-6-16-36(32)33)50(75)64-40(19-10-20-61-55(58)59)49(74)65-42(51(76)69-45)23-34-25-62-39-18-8-7-17-37(34)39/h2-9,11-18,25-26,29-30,38,40-46,62,71H,10,19-24,27-28,56H2,1H3,(H2,57,72)(H,60,63)(H,64,75)(H,65,74)(H,66,77)(H,67,78)(H,68,73)(H,69,76)(H,70,79)(H4,58,59,61)/t30-,38-,40+,41-,42+,43+,44+,45+,46+/m1/s1. The van der Waals surface area contributed by atoms with Crippen LogP contribution in [0.25, 0.3) is 21.7 Å². The number of nitrogens with zero attached hydrogens (tertiary/aromatic N) is 2. The van der Waals surface area contributed by atoms with E-state index >= 15 is 4.79 Å². The van der Waals surface area contributed by atoms with Crippen molar-refractivity contribution in [3.05, 3.63) is 138 Å². The summed E-state index contributed by atoms with van der Waals surface area (Å²) in [6.07, 6.45) is 2.81. The van der Waals surface area contributed by atoms with Gasteiger partial charge in [-0.05, 0) is 59.7 Å². The van der Waals surface area contributed by atoms with E-state index in [9.17, 15) is 38.7 Å². The summed E-state index contributed by atoms with van der Waals surface area (Å²) in [6, 6.07) is 17.9. The van der Waals surface area contributed by atoms with Gasteiger partial charge in [0, 0.05) is 66.3 Å². The lowest BCUT2D eigenvalue weighted by Gasteiger charge is -2.29. The molecule has 6 aromatic rings. The molecule has 0 aliphatic carbocycles. The van der Waals surface area contributed by atoms with E-state index in [1.54, 1.807) is 48.7 Å². The number of rotatable bonds is 18. The minimum absolute atomic E-state index is 0.0397. The maximum absolute atomic E-state index is 15.1. The molecule has 1 aliphatic heterocycles. The first-order valence-electron chi connectivity index (χ1n) is 26.1. The molecule has 428 valence electrons. The van der Waals surface area contributed by atoms with Crippen molar-refractivity contribution in [3.8, 4) is 0 Å². The number of primary amides is 1. The lowest BCUT2D eigenvalue weighted by Crippen LogP contribution is -2.61. The molecule has 1 fully saturated rings. The smallest absolute Gasteiger partial charge is 0.244 e. The highest BCUT2D eigenvalue weighted by Gasteiger charge is 2.36. The molecule has 8 amide bonds. The van der Waals surface area contributed by atoms with Gasteiger partial charge in [0.05, 0.1) is 18.5 Å². The first-order valence-corrected chi connectivity index (χ1v) is 28.6. The van der Waals surface area contributed by atoms with Gasteiger partial charge >= 0.3 is 0 Å². The third kappa shape index (κ3) is 17.3. The monoisotopic (exact) mass is 1150 g/mol. The number of nitrogens with two attached hydrogens (primary N) is 4. The molecule has 7 rings (SSSR count). The number of fused-ring (bicyclic) bond motifs is 2. The number of benzene rings is 4. The highest BCUT2D eigenvalue weighted by atomic mass is 33.1. The van der Waals surface area contributed by atoms with Crippen LogP contribution in [0.4, 0.5) is 0 Å². The number of aliphatic hydroxyl groups is 1. The van der Waals surface area contributed by atoms with Crippen molar-refractivity contribution >= 4 is 96.5 Å². The van der Waals surface area contributed by atoms with Crippen LogP contribution in [0.3, 0.4) is 0 Å². The zero-order valence-electron chi connectivity index (χ0n) is 44.3. The fourth-order valence-corrected chi connectivity index (χ4v) is 11.4. The summed E-state index contributed by atoms with van der Waals surface area (Å²) in [5, 5.41) is 31.9. The van der Waals surface area contributed by atoms with E-state index in [4.69, 9.17) is 22.9 Å². The van der Waals surface area contributed by atoms with E-state index in [-0.39, 0.29) is 62.5 Å². The van der Waals surface area contributed by atoms with Gasteiger partial charge in [-0.1, -0.05) is 113 Å². The van der Waals surface area contributed by atoms with Crippen molar-refractivity contribution in [2.75, 3.05) is 18.1 Å². The van der Waals surface area contributed by atoms with Crippen molar-refractivity contribution in [2.24, 2.45) is 27.9 Å². The Bertz CT molecular complexity index is 3190. The number of carbonyl (C=O) groups excluding carboxylic acids is 8. The van der Waals surface area contributed by atoms with Gasteiger partial charge in [0.15, 0.2) is 5.96 Å². The maximum Gasteiger partial charge on any atom is 0.244 e. The van der Waals surface area contributed by atoms with E-state index < -0.39 is 102 Å². The van der Waals surface area contributed by atoms with Crippen LogP contribution in [-0.4, -0.2) is 146 Å². The predicted molar refractivity (Wildman–Crippen MR) is 309 cm³/mol. The quantitative estimate of drug-likeness (QED) is 0.0220. The molecule has 0 saturated carbocycles. The number of imidazole rings is 1. The van der Waals surface area contributed by atoms with Crippen LogP contribution in [-0.2, 0) is 64.0 Å². The zero-order valence-corrected chi connectivity index (χ0v) is 45.9. The van der Waals surface area contributed by atoms with Crippen LogP contribution >= 0.6 is 21.6 Å². The van der Waals surface area contributed by atoms with Crippen molar-refractivity contribution < 1.29 is 43.5 Å². The largest absolute Gasteiger partial charge is 0.391 e. The SMILES string of the molecule is C[C@@H](O)[C@H](NC(=O)[C@@H]1CSSC[C@H](NC(=O)[C@H](N)Cc2ccccc2)C(=O)N[C@@H](Cc2cnc[nH]2)C(=O)N[C@H](Cc2cccc3ccccc23)C(=O)N[C@@H](CCCN=C(N)N)C(=O)N[C@@H](Cc2c[nH]c3ccccc23)C(=O)N1)C(N)=O. The predicted octanol–water partition coefficient (Wildman–Crippen LogP) is -0.650. The summed E-state index contributed by atoms with van der Waals surface area (Å²) >= 11 is 0. The van der Waals surface area contributed by atoms with E-state index in [2.05, 4.69) is 57.2 Å². The third-order valence-corrected chi connectivity index (χ3v) is 15.8. The fourth-order valence-electron chi connectivity index (χ4n) is 9.11. The molecule has 0 unspecified atom stereocenters. The molecular weight excluding hydrogens is 1080 g/mol. The molecule has 1 saturated heterocycles. The molecular formula is C55H67N15O9S2. The molecule has 1 aliphatic rings. The molecule has 0 bridgehead atoms. The van der Waals surface area contributed by atoms with Gasteiger partial charge in [-0.15, -0.1) is 0 Å². The van der Waals surface area contributed by atoms with Gasteiger partial charge < -0.3 is 75.2 Å². The van der Waals surface area contributed by atoms with Gasteiger partial charge in [0.2, 0.25) is 47.3 Å². The Hall–Kier alpha value is -8.46. The highest BCUT2D eigenvalue weighted by Crippen LogP contribution is 2.25. The summed E-state index contributed by atoms with van der Waals surface area (Å²) < 4.78 is 0. The summed E-state index contributed by atoms with van der Waals surface area (Å²) in [5.41, 5.74) is 26.4. The number of H-pyrrole nitrogens is 2. The average molecular weight is 1150 g/mol. The van der Waals surface area contributed by atoms with Crippen LogP contribution in [0.1, 0.15) is 42.1 Å². The summed E-state index contributed by atoms with van der Waals surface area (Å²) in [5.74, 6) is -7.53. The first-order chi connectivity index (χ1) is 38.9. The average Bonchev–Trinajstić information content (AvgIpc) is 4.13. The summed E-state index contributed by atoms with van der Waals surface area (Å²) in [6.45, 7) is 1.28. The molecule has 3 heterocycles. The normalized spacial score (nSPS) is 21.0. The number of aromatic amines is 2. The van der Waals surface area contributed by atoms with Gasteiger partial charge in [0.25, 0.3) is 0 Å². The van der Waals surface area contributed by atoms with E-state index in [0.29, 0.717) is 16.8 Å². The Kier molecular flexibility index (Phi) is 21.6. The van der Waals surface area contributed by atoms with Gasteiger partial charge in [-0.3, -0.25) is 43.3 Å². The van der Waals surface area contributed by atoms with Crippen molar-refractivity contribution in [3.63, 3.8) is 0 Å². The molecule has 4 aromatic carbocycles. The topological polar surface area (TPSA) is 402 Å². The van der Waals surface area contributed by atoms with Gasteiger partial charge in [0.1, 0.15) is 42.3 Å². The van der Waals surface area contributed by atoms with Crippen molar-refractivity contribution in [1.29, 1.82) is 0 Å². The Balaban J connectivity index is 1.31. The Morgan fingerprint density at radius 3 is 2.00 bits per heavy atom. The number of aromatic nitrogens is 3. The number of carbonyl (C=O) groups is 8. The van der Waals surface area contributed by atoms with E-state index in [0.717, 1.165) is 48.8 Å². The number of hydrogen-bond acceptors (Lipinski definition) is 14. The molecule has 26 heteroatoms. The highest BCUT2D eigenvalue weighted by molar-refractivity contribution is 8.76. The number of amides is 8. The van der Waals surface area contributed by atoms with Crippen LogP contribution in [0, 0.1) is 0 Å². The summed E-state index contributed by atoms with van der Waals surface area (Å²) in [7, 11) is 2.01. The van der Waals surface area contributed by atoms with E-state index in [1.807, 2.05) is 54.6 Å². The molecule has 9 atom stereocenters. The van der Waals surface area contributed by atoms with Crippen LogP contribution in [0.2, 0.25) is 0 Å². The number of para-hydroxylation sites is 1. The van der Waals surface area contributed by atoms with Gasteiger partial charge in [-0.2, -0.15) is 0 Å². The molecule has 2 aromatic heterocycles. The first kappa shape index (κ1) is 60.2. The Morgan fingerprint density at radius 2 is 1.31 bits per heavy atom. The fraction of sp³-hybridized carbons (Fsp3) is 0.345. The second-order valence-electron chi connectivity index (χ2n) is 19.5. The molecule has 0 radical (unpaired) electrons. The maximum atomic E-state index is 15.1. The number of hydrogen-bond donors (Lipinski definition) is 14. The van der Waals surface area contributed by atoms with Crippen LogP contribution in [0.5, 0.6) is 0 Å². The zero-order chi connectivity index (χ0) is 58.0. The minimum atomic E-state index is -1.59. The number of nitrogens with one attached hydrogen (secondary N) is 9. The van der Waals surface area contributed by atoms with Crippen molar-refractivity contribution in [1.82, 2.24) is 52.2 Å². The van der Waals surface area contributed by atoms with Crippen LogP contribution in [0.15, 0.2) is 121 Å². The minimum Gasteiger partial charge on any atom is -0.391 e. The summed E-state index contributed by atoms with van der Waals surface area (Å²) in [4.78, 5) is 129. The number of aliphatic hydroxyl groups excluding tert-OH is 1. The van der Waals surface area contributed by atoms with Crippen LogP contribution < -0.4 is 60.2 Å². The second-order valence-corrected chi connectivity index (χ2v) is 22.0. The van der Waals surface area contributed by atoms with Crippen molar-refractivity contribution in [2.45, 2.75) is 99.9 Å². The molecule has 24 nitrogen and oxygen atoms in total. The Morgan fingerprint density at radius 1 is 0.704 bits per heavy atom. The third-order valence-electron chi connectivity index (χ3n) is 13.4. The number of guanidine groups is 1. The molecule has 81 heavy (non-hydrogen) atoms. The molecule has 18 N–H and O–H groups in total. The Labute approximate surface area is 474 Å². The number of aliphatic imine (C=N–C) groups is 1. The lowest BCUT2D eigenvalue weighted by molar-refractivity contribution is -0.135. The van der Waals surface area contributed by atoms with Gasteiger partial charge in [-0.25, -0.2) is 4.98 Å². The van der Waals surface area contributed by atoms with E-state index in [1.165, 1.54) is 19.4 Å².